The SMILES string of the molecule is CNc1nc(N)[nH]c(=O)c1SCC[C@H](NC(C)=O)C(=O)O. The molecule has 0 unspecified atom stereocenters. The van der Waals surface area contributed by atoms with E-state index in [0.29, 0.717) is 16.5 Å². The number of rotatable bonds is 7. The van der Waals surface area contributed by atoms with E-state index in [2.05, 4.69) is 20.6 Å². The summed E-state index contributed by atoms with van der Waals surface area (Å²) in [6.45, 7) is 1.25. The van der Waals surface area contributed by atoms with Gasteiger partial charge in [0.1, 0.15) is 16.8 Å². The number of aliphatic carboxylic acids is 1. The Morgan fingerprint density at radius 2 is 2.19 bits per heavy atom. The molecule has 0 saturated heterocycles. The van der Waals surface area contributed by atoms with Crippen LogP contribution in [0.25, 0.3) is 0 Å². The Kier molecular flexibility index (Phi) is 6.03. The Morgan fingerprint density at radius 3 is 2.71 bits per heavy atom. The van der Waals surface area contributed by atoms with Crippen LogP contribution in [0.4, 0.5) is 11.8 Å². The molecule has 1 heterocycles. The van der Waals surface area contributed by atoms with Crippen LogP contribution < -0.4 is 21.9 Å². The first kappa shape index (κ1) is 16.8. The van der Waals surface area contributed by atoms with Crippen molar-refractivity contribution in [3.63, 3.8) is 0 Å². The molecule has 116 valence electrons. The number of amides is 1. The van der Waals surface area contributed by atoms with Gasteiger partial charge in [0, 0.05) is 19.7 Å². The Hall–Kier alpha value is -2.23. The van der Waals surface area contributed by atoms with Gasteiger partial charge in [-0.05, 0) is 6.42 Å². The van der Waals surface area contributed by atoms with Crippen LogP contribution in [0.15, 0.2) is 9.69 Å². The van der Waals surface area contributed by atoms with Crippen molar-refractivity contribution in [2.45, 2.75) is 24.3 Å². The number of carboxylic acid groups (broad SMARTS) is 1. The summed E-state index contributed by atoms with van der Waals surface area (Å²) in [5, 5.41) is 14.1. The largest absolute Gasteiger partial charge is 0.480 e. The molecule has 21 heavy (non-hydrogen) atoms. The molecule has 1 rings (SSSR count). The Morgan fingerprint density at radius 1 is 1.52 bits per heavy atom. The molecule has 1 aromatic rings. The minimum atomic E-state index is -1.12. The molecular weight excluding hydrogens is 298 g/mol. The number of hydrogen-bond acceptors (Lipinski definition) is 7. The monoisotopic (exact) mass is 315 g/mol. The quantitative estimate of drug-likeness (QED) is 0.421. The second kappa shape index (κ2) is 7.53. The van der Waals surface area contributed by atoms with Gasteiger partial charge < -0.3 is 21.5 Å². The highest BCUT2D eigenvalue weighted by atomic mass is 32.2. The summed E-state index contributed by atoms with van der Waals surface area (Å²) in [4.78, 5) is 40.3. The number of carboxylic acids is 1. The Labute approximate surface area is 124 Å². The predicted octanol–water partition coefficient (Wildman–Crippen LogP) is -0.535. The van der Waals surface area contributed by atoms with Crippen molar-refractivity contribution in [3.8, 4) is 0 Å². The highest BCUT2D eigenvalue weighted by Gasteiger charge is 2.19. The molecule has 0 aliphatic carbocycles. The van der Waals surface area contributed by atoms with E-state index in [1.807, 2.05) is 0 Å². The summed E-state index contributed by atoms with van der Waals surface area (Å²) in [6, 6.07) is -0.992. The lowest BCUT2D eigenvalue weighted by molar-refractivity contribution is -0.141. The molecule has 1 aromatic heterocycles. The molecular formula is C11H17N5O4S. The van der Waals surface area contributed by atoms with Crippen LogP contribution in [0.2, 0.25) is 0 Å². The van der Waals surface area contributed by atoms with Gasteiger partial charge in [0.15, 0.2) is 0 Å². The van der Waals surface area contributed by atoms with E-state index in [-0.39, 0.29) is 12.4 Å². The molecule has 0 saturated carbocycles. The fourth-order valence-corrected chi connectivity index (χ4v) is 2.59. The third kappa shape index (κ3) is 4.99. The lowest BCUT2D eigenvalue weighted by Gasteiger charge is -2.13. The molecule has 0 aromatic carbocycles. The first-order valence-corrected chi connectivity index (χ1v) is 7.04. The average molecular weight is 315 g/mol. The Bertz CT molecular complexity index is 588. The normalized spacial score (nSPS) is 11.7. The number of nitrogens with one attached hydrogen (secondary N) is 3. The number of anilines is 2. The van der Waals surface area contributed by atoms with Crippen molar-refractivity contribution in [2.24, 2.45) is 0 Å². The molecule has 0 aliphatic heterocycles. The van der Waals surface area contributed by atoms with Crippen LogP contribution in [0.3, 0.4) is 0 Å². The van der Waals surface area contributed by atoms with Gasteiger partial charge in [0.05, 0.1) is 0 Å². The van der Waals surface area contributed by atoms with Crippen LogP contribution in [0.1, 0.15) is 13.3 Å². The number of hydrogen-bond donors (Lipinski definition) is 5. The van der Waals surface area contributed by atoms with E-state index < -0.39 is 23.5 Å². The lowest BCUT2D eigenvalue weighted by Crippen LogP contribution is -2.39. The predicted molar refractivity (Wildman–Crippen MR) is 79.4 cm³/mol. The maximum Gasteiger partial charge on any atom is 0.326 e. The van der Waals surface area contributed by atoms with Crippen molar-refractivity contribution in [1.29, 1.82) is 0 Å². The number of carbonyl (C=O) groups excluding carboxylic acids is 1. The Balaban J connectivity index is 2.73. The minimum Gasteiger partial charge on any atom is -0.480 e. The summed E-state index contributed by atoms with van der Waals surface area (Å²) in [7, 11) is 1.60. The van der Waals surface area contributed by atoms with Gasteiger partial charge in [-0.2, -0.15) is 4.98 Å². The molecule has 10 heteroatoms. The zero-order valence-corrected chi connectivity index (χ0v) is 12.4. The van der Waals surface area contributed by atoms with E-state index in [9.17, 15) is 14.4 Å². The zero-order chi connectivity index (χ0) is 16.0. The van der Waals surface area contributed by atoms with Crippen LogP contribution in [-0.2, 0) is 9.59 Å². The third-order valence-corrected chi connectivity index (χ3v) is 3.57. The molecule has 0 aliphatic rings. The fraction of sp³-hybridized carbons (Fsp3) is 0.455. The molecule has 0 spiro atoms. The number of thioether (sulfide) groups is 1. The number of aromatic amines is 1. The van der Waals surface area contributed by atoms with E-state index in [1.54, 1.807) is 7.05 Å². The first-order valence-electron chi connectivity index (χ1n) is 6.05. The number of aromatic nitrogens is 2. The zero-order valence-electron chi connectivity index (χ0n) is 11.6. The second-order valence-electron chi connectivity index (χ2n) is 4.11. The summed E-state index contributed by atoms with van der Waals surface area (Å²) < 4.78 is 0. The van der Waals surface area contributed by atoms with E-state index in [1.165, 1.54) is 6.92 Å². The summed E-state index contributed by atoms with van der Waals surface area (Å²) in [6.07, 6.45) is 0.173. The third-order valence-electron chi connectivity index (χ3n) is 2.46. The van der Waals surface area contributed by atoms with E-state index in [0.717, 1.165) is 11.8 Å². The fourth-order valence-electron chi connectivity index (χ4n) is 1.56. The van der Waals surface area contributed by atoms with Gasteiger partial charge in [-0.15, -0.1) is 11.8 Å². The maximum atomic E-state index is 11.8. The first-order chi connectivity index (χ1) is 9.85. The van der Waals surface area contributed by atoms with E-state index in [4.69, 9.17) is 10.8 Å². The summed E-state index contributed by atoms with van der Waals surface area (Å²) in [5.41, 5.74) is 5.03. The molecule has 6 N–H and O–H groups in total. The van der Waals surface area contributed by atoms with Gasteiger partial charge in [0.2, 0.25) is 11.9 Å². The molecule has 9 nitrogen and oxygen atoms in total. The number of nitrogens with two attached hydrogens (primary N) is 1. The molecule has 0 bridgehead atoms. The highest BCUT2D eigenvalue weighted by molar-refractivity contribution is 7.99. The maximum absolute atomic E-state index is 11.8. The van der Waals surface area contributed by atoms with E-state index >= 15 is 0 Å². The minimum absolute atomic E-state index is 0.00430. The number of nitrogens with zero attached hydrogens (tertiary/aromatic N) is 1. The van der Waals surface area contributed by atoms with Gasteiger partial charge in [-0.25, -0.2) is 4.79 Å². The van der Waals surface area contributed by atoms with Crippen molar-refractivity contribution >= 4 is 35.4 Å². The molecule has 0 radical (unpaired) electrons. The van der Waals surface area contributed by atoms with Crippen LogP contribution in [0, 0.1) is 0 Å². The van der Waals surface area contributed by atoms with Crippen molar-refractivity contribution in [3.05, 3.63) is 10.4 Å². The van der Waals surface area contributed by atoms with Gasteiger partial charge in [0.25, 0.3) is 5.56 Å². The van der Waals surface area contributed by atoms with Crippen molar-refractivity contribution < 1.29 is 14.7 Å². The smallest absolute Gasteiger partial charge is 0.326 e. The van der Waals surface area contributed by atoms with Crippen molar-refractivity contribution in [2.75, 3.05) is 23.9 Å². The average Bonchev–Trinajstić information content (AvgIpc) is 2.38. The topological polar surface area (TPSA) is 150 Å². The summed E-state index contributed by atoms with van der Waals surface area (Å²) >= 11 is 1.14. The second-order valence-corrected chi connectivity index (χ2v) is 5.21. The van der Waals surface area contributed by atoms with Gasteiger partial charge in [-0.3, -0.25) is 14.6 Å². The standard InChI is InChI=1S/C11H17N5O4S/c1-5(17)14-6(10(19)20)3-4-21-7-8(13-2)15-11(12)16-9(7)18/h6H,3-4H2,1-2H3,(H,14,17)(H,19,20)(H4,12,13,15,16,18)/t6-/m0/s1. The lowest BCUT2D eigenvalue weighted by atomic mass is 10.2. The molecule has 0 fully saturated rings. The van der Waals surface area contributed by atoms with Gasteiger partial charge in [-0.1, -0.05) is 0 Å². The van der Waals surface area contributed by atoms with Crippen LogP contribution in [-0.4, -0.2) is 45.8 Å². The summed E-state index contributed by atoms with van der Waals surface area (Å²) in [5.74, 6) is -0.900. The number of nitrogen functional groups attached to an aromatic ring is 1. The van der Waals surface area contributed by atoms with Crippen LogP contribution in [0.5, 0.6) is 0 Å². The molecule has 1 amide bonds. The number of carbonyl (C=O) groups is 2. The highest BCUT2D eigenvalue weighted by Crippen LogP contribution is 2.22. The molecule has 1 atom stereocenters. The number of H-pyrrole nitrogens is 1. The van der Waals surface area contributed by atoms with Crippen molar-refractivity contribution in [1.82, 2.24) is 15.3 Å². The van der Waals surface area contributed by atoms with Gasteiger partial charge >= 0.3 is 5.97 Å². The van der Waals surface area contributed by atoms with Crippen LogP contribution >= 0.6 is 11.8 Å².